The Morgan fingerprint density at radius 1 is 1.47 bits per heavy atom. The molecule has 0 saturated heterocycles. The Kier molecular flexibility index (Phi) is 6.19. The van der Waals surface area contributed by atoms with Crippen molar-refractivity contribution in [2.24, 2.45) is 4.99 Å². The molecule has 0 fully saturated rings. The number of aliphatic imine (C=N–C) groups is 1. The molecule has 1 atom stereocenters. The van der Waals surface area contributed by atoms with Crippen LogP contribution in [-0.2, 0) is 29.9 Å². The van der Waals surface area contributed by atoms with Gasteiger partial charge in [-0.2, -0.15) is 6.20 Å². The summed E-state index contributed by atoms with van der Waals surface area (Å²) in [6.07, 6.45) is 2.30. The zero-order valence-electron chi connectivity index (χ0n) is 7.14. The first-order valence-corrected chi connectivity index (χ1v) is 4.59. The van der Waals surface area contributed by atoms with Gasteiger partial charge in [0, 0.05) is 12.2 Å². The second-order valence-electron chi connectivity index (χ2n) is 2.09. The number of hydrogen-bond donors (Lipinski definition) is 3. The van der Waals surface area contributed by atoms with Gasteiger partial charge in [-0.05, 0) is 0 Å². The summed E-state index contributed by atoms with van der Waals surface area (Å²) in [4.78, 5) is 24.2. The van der Waals surface area contributed by atoms with Gasteiger partial charge >= 0.3 is 30.3 Å². The molecule has 1 rings (SSSR count). The fraction of sp³-hybridized carbons (Fsp3) is 0.167. The Balaban J connectivity index is 0.000000583. The summed E-state index contributed by atoms with van der Waals surface area (Å²) in [5.74, 6) is -2.68. The van der Waals surface area contributed by atoms with Crippen LogP contribution in [-0.4, -0.2) is 37.9 Å². The molecule has 0 bridgehead atoms. The van der Waals surface area contributed by atoms with Crippen molar-refractivity contribution in [2.75, 3.05) is 0 Å². The third kappa shape index (κ3) is 4.50. The van der Waals surface area contributed by atoms with Gasteiger partial charge in [0.1, 0.15) is 5.71 Å². The number of carboxylic acid groups (broad SMARTS) is 2. The minimum atomic E-state index is -1.56. The van der Waals surface area contributed by atoms with Crippen molar-refractivity contribution in [3.05, 3.63) is 17.7 Å². The predicted molar refractivity (Wildman–Crippen MR) is 41.9 cm³/mol. The predicted octanol–water partition coefficient (Wildman–Crippen LogP) is -0.855. The van der Waals surface area contributed by atoms with E-state index in [4.69, 9.17) is 17.9 Å². The van der Waals surface area contributed by atoms with Gasteiger partial charge in [-0.1, -0.05) is 0 Å². The fourth-order valence-corrected chi connectivity index (χ4v) is 0.732. The molecule has 9 heteroatoms. The first-order valence-electron chi connectivity index (χ1n) is 3.40. The van der Waals surface area contributed by atoms with Crippen molar-refractivity contribution >= 4 is 17.7 Å². The van der Waals surface area contributed by atoms with E-state index in [2.05, 4.69) is 10.3 Å². The van der Waals surface area contributed by atoms with Crippen LogP contribution in [0.3, 0.4) is 0 Å². The minimum absolute atomic E-state index is 0.468. The molecule has 0 aliphatic carbocycles. The van der Waals surface area contributed by atoms with Crippen molar-refractivity contribution in [3.63, 3.8) is 0 Å². The third-order valence-corrected chi connectivity index (χ3v) is 1.23. The van der Waals surface area contributed by atoms with E-state index < -0.39 is 40.3 Å². The summed E-state index contributed by atoms with van der Waals surface area (Å²) in [5, 5.41) is 20.4. The zero-order valence-corrected chi connectivity index (χ0v) is 8.54. The molecule has 1 heterocycles. The zero-order chi connectivity index (χ0) is 11.8. The molecule has 15 heavy (non-hydrogen) atoms. The number of rotatable bonds is 2. The number of carbonyl (C=O) groups is 2. The van der Waals surface area contributed by atoms with Crippen LogP contribution in [0.1, 0.15) is 0 Å². The van der Waals surface area contributed by atoms with Gasteiger partial charge in [0.25, 0.3) is 5.97 Å². The molecule has 0 saturated carbocycles. The Labute approximate surface area is 91.0 Å². The maximum absolute atomic E-state index is 10.4. The molecule has 1 aliphatic heterocycles. The molecular weight excluding hydrogens is 247 g/mol. The van der Waals surface area contributed by atoms with E-state index >= 15 is 0 Å². The van der Waals surface area contributed by atoms with E-state index in [1.165, 1.54) is 0 Å². The maximum atomic E-state index is 10.4. The van der Waals surface area contributed by atoms with Crippen molar-refractivity contribution in [3.8, 4) is 0 Å². The van der Waals surface area contributed by atoms with Gasteiger partial charge in [0.2, 0.25) is 0 Å². The van der Waals surface area contributed by atoms with Crippen LogP contribution in [0.4, 0.5) is 0 Å². The number of nitrogens with zero attached hydrogens (tertiary/aromatic N) is 2. The molecule has 1 unspecified atom stereocenters. The van der Waals surface area contributed by atoms with Gasteiger partial charge < -0.3 is 15.5 Å². The van der Waals surface area contributed by atoms with Crippen LogP contribution in [0.2, 0.25) is 0 Å². The molecule has 0 amide bonds. The molecule has 1 aliphatic rings. The summed E-state index contributed by atoms with van der Waals surface area (Å²) in [5.41, 5.74) is -0.468. The average Bonchev–Trinajstić information content (AvgIpc) is 2.19. The van der Waals surface area contributed by atoms with E-state index in [9.17, 15) is 9.59 Å². The molecule has 3 N–H and O–H groups in total. The van der Waals surface area contributed by atoms with Crippen molar-refractivity contribution in [1.29, 1.82) is 0 Å². The van der Waals surface area contributed by atoms with E-state index in [1.807, 2.05) is 0 Å². The van der Waals surface area contributed by atoms with Gasteiger partial charge in [-0.15, -0.1) is 0 Å². The van der Waals surface area contributed by atoms with Crippen LogP contribution in [0.25, 0.3) is 5.32 Å². The normalized spacial score (nSPS) is 17.7. The van der Waals surface area contributed by atoms with Crippen molar-refractivity contribution in [1.82, 2.24) is 0 Å². The first kappa shape index (κ1) is 13.5. The Morgan fingerprint density at radius 3 is 2.33 bits per heavy atom. The van der Waals surface area contributed by atoms with E-state index in [0.717, 1.165) is 12.4 Å². The SMILES string of the molecule is O=C(O)C1=NC=C[N-]C1C(=O)O.[O]=[V][OH]. The summed E-state index contributed by atoms with van der Waals surface area (Å²) >= 11 is -1.56. The molecule has 8 nitrogen and oxygen atoms in total. The van der Waals surface area contributed by atoms with E-state index in [0.29, 0.717) is 0 Å². The van der Waals surface area contributed by atoms with Crippen LogP contribution in [0.5, 0.6) is 0 Å². The van der Waals surface area contributed by atoms with Gasteiger partial charge in [0.15, 0.2) is 0 Å². The Bertz CT molecular complexity index is 326. The van der Waals surface area contributed by atoms with Crippen LogP contribution >= 0.6 is 0 Å². The molecule has 0 radical (unpaired) electrons. The molecule has 0 spiro atoms. The van der Waals surface area contributed by atoms with Crippen LogP contribution in [0.15, 0.2) is 17.4 Å². The van der Waals surface area contributed by atoms with E-state index in [-0.39, 0.29) is 0 Å². The second kappa shape index (κ2) is 6.88. The fourth-order valence-electron chi connectivity index (χ4n) is 0.732. The molecular formula is C6H6N2O6V-. The molecule has 82 valence electrons. The summed E-state index contributed by atoms with van der Waals surface area (Å²) in [6, 6.07) is -1.38. The number of aliphatic carboxylic acids is 2. The standard InChI is InChI=1S/C6H5N2O4.H2O.O.V/c9-5(10)3-4(6(11)12)8-2-1-7-3;;;/h1-3H,(H,9,10)(H,11,12);1H2;;/q-1;;;+1/p-1. The van der Waals surface area contributed by atoms with Crippen LogP contribution < -0.4 is 0 Å². The van der Waals surface area contributed by atoms with Gasteiger partial charge in [0.05, 0.1) is 0 Å². The third-order valence-electron chi connectivity index (χ3n) is 1.23. The van der Waals surface area contributed by atoms with Crippen molar-refractivity contribution < 1.29 is 44.1 Å². The van der Waals surface area contributed by atoms with Crippen molar-refractivity contribution in [2.45, 2.75) is 6.04 Å². The topological polar surface area (TPSA) is 138 Å². The first-order chi connectivity index (χ1) is 7.04. The van der Waals surface area contributed by atoms with Crippen LogP contribution in [0, 0.1) is 0 Å². The number of carboxylic acids is 2. The summed E-state index contributed by atoms with van der Waals surface area (Å²) in [7, 11) is 0. The monoisotopic (exact) mass is 253 g/mol. The average molecular weight is 253 g/mol. The summed E-state index contributed by atoms with van der Waals surface area (Å²) in [6.45, 7) is 0. The summed E-state index contributed by atoms with van der Waals surface area (Å²) < 4.78 is 15.7. The quantitative estimate of drug-likeness (QED) is 0.585. The Hall–Kier alpha value is -1.51. The molecule has 0 aromatic carbocycles. The van der Waals surface area contributed by atoms with Gasteiger partial charge in [-0.25, -0.2) is 4.79 Å². The Morgan fingerprint density at radius 2 is 2.00 bits per heavy atom. The number of hydrogen-bond acceptors (Lipinski definition) is 4. The van der Waals surface area contributed by atoms with Gasteiger partial charge in [-0.3, -0.25) is 9.79 Å². The second-order valence-corrected chi connectivity index (χ2v) is 2.34. The molecule has 0 aromatic rings. The molecule has 0 aromatic heterocycles. The van der Waals surface area contributed by atoms with E-state index in [1.54, 1.807) is 0 Å².